The van der Waals surface area contributed by atoms with Crippen LogP contribution in [-0.2, 0) is 21.4 Å². The van der Waals surface area contributed by atoms with E-state index < -0.39 is 10.0 Å². The molecule has 1 unspecified atom stereocenters. The van der Waals surface area contributed by atoms with E-state index in [2.05, 4.69) is 40.3 Å². The number of carbonyl (C=O) groups is 1. The zero-order chi connectivity index (χ0) is 25.0. The lowest BCUT2D eigenvalue weighted by atomic mass is 9.96. The number of hydrogen-bond acceptors (Lipinski definition) is 3. The molecule has 0 spiro atoms. The molecule has 34 heavy (non-hydrogen) atoms. The predicted octanol–water partition coefficient (Wildman–Crippen LogP) is 6.10. The van der Waals surface area contributed by atoms with Crippen LogP contribution in [0, 0.1) is 20.8 Å². The molecule has 3 aromatic rings. The SMILES string of the molecule is Cc1cc(C)c(C(C)NC(=O)CN(Cc2ccc(Cl)cc2)S(=O)(=O)c2ccc(Br)cc2)cc1C. The summed E-state index contributed by atoms with van der Waals surface area (Å²) in [6.45, 7) is 7.73. The summed E-state index contributed by atoms with van der Waals surface area (Å²) in [5.41, 5.74) is 5.15. The van der Waals surface area contributed by atoms with Gasteiger partial charge in [0.2, 0.25) is 15.9 Å². The lowest BCUT2D eigenvalue weighted by Crippen LogP contribution is -2.41. The molecule has 1 amide bonds. The summed E-state index contributed by atoms with van der Waals surface area (Å²) in [5.74, 6) is -0.375. The average molecular weight is 564 g/mol. The second-order valence-corrected chi connectivity index (χ2v) is 11.7. The number of nitrogens with zero attached hydrogens (tertiary/aromatic N) is 1. The van der Waals surface area contributed by atoms with E-state index in [1.54, 1.807) is 36.4 Å². The van der Waals surface area contributed by atoms with Gasteiger partial charge in [-0.25, -0.2) is 8.42 Å². The number of aryl methyl sites for hydroxylation is 3. The number of rotatable bonds is 8. The van der Waals surface area contributed by atoms with Gasteiger partial charge >= 0.3 is 0 Å². The molecule has 1 N–H and O–H groups in total. The largest absolute Gasteiger partial charge is 0.348 e. The Morgan fingerprint density at radius 1 is 0.971 bits per heavy atom. The van der Waals surface area contributed by atoms with E-state index in [0.717, 1.165) is 26.7 Å². The van der Waals surface area contributed by atoms with E-state index in [1.165, 1.54) is 22.0 Å². The van der Waals surface area contributed by atoms with Crippen molar-refractivity contribution >= 4 is 43.5 Å². The minimum absolute atomic E-state index is 0.0417. The number of nitrogens with one attached hydrogen (secondary N) is 1. The van der Waals surface area contributed by atoms with Crippen LogP contribution in [0.1, 0.15) is 40.8 Å². The molecule has 0 aliphatic rings. The van der Waals surface area contributed by atoms with Crippen LogP contribution in [0.3, 0.4) is 0 Å². The Balaban J connectivity index is 1.85. The molecular weight excluding hydrogens is 536 g/mol. The molecule has 5 nitrogen and oxygen atoms in total. The number of amides is 1. The molecule has 0 bridgehead atoms. The van der Waals surface area contributed by atoms with Gasteiger partial charge in [-0.15, -0.1) is 0 Å². The van der Waals surface area contributed by atoms with Gasteiger partial charge in [-0.3, -0.25) is 4.79 Å². The monoisotopic (exact) mass is 562 g/mol. The van der Waals surface area contributed by atoms with Gasteiger partial charge in [0.05, 0.1) is 17.5 Å². The molecule has 3 aromatic carbocycles. The lowest BCUT2D eigenvalue weighted by molar-refractivity contribution is -0.122. The van der Waals surface area contributed by atoms with E-state index in [1.807, 2.05) is 20.8 Å². The molecule has 0 heterocycles. The summed E-state index contributed by atoms with van der Waals surface area (Å²) >= 11 is 9.31. The number of hydrogen-bond donors (Lipinski definition) is 1. The van der Waals surface area contributed by atoms with E-state index in [-0.39, 0.29) is 29.9 Å². The summed E-state index contributed by atoms with van der Waals surface area (Å²) in [4.78, 5) is 13.2. The topological polar surface area (TPSA) is 66.5 Å². The molecule has 8 heteroatoms. The average Bonchev–Trinajstić information content (AvgIpc) is 2.77. The van der Waals surface area contributed by atoms with Crippen molar-refractivity contribution in [3.8, 4) is 0 Å². The Morgan fingerprint density at radius 3 is 2.18 bits per heavy atom. The smallest absolute Gasteiger partial charge is 0.243 e. The molecule has 3 rings (SSSR count). The summed E-state index contributed by atoms with van der Waals surface area (Å²) < 4.78 is 28.9. The van der Waals surface area contributed by atoms with Gasteiger partial charge in [-0.1, -0.05) is 51.8 Å². The van der Waals surface area contributed by atoms with Gasteiger partial charge in [-0.05, 0) is 91.9 Å². The third-order valence-electron chi connectivity index (χ3n) is 5.77. The van der Waals surface area contributed by atoms with Crippen LogP contribution in [0.4, 0.5) is 0 Å². The predicted molar refractivity (Wildman–Crippen MR) is 140 cm³/mol. The van der Waals surface area contributed by atoms with E-state index in [9.17, 15) is 13.2 Å². The maximum Gasteiger partial charge on any atom is 0.243 e. The van der Waals surface area contributed by atoms with Crippen LogP contribution in [0.2, 0.25) is 5.02 Å². The van der Waals surface area contributed by atoms with E-state index in [0.29, 0.717) is 5.02 Å². The fraction of sp³-hybridized carbons (Fsp3) is 0.269. The standard InChI is InChI=1S/C26H28BrClN2O3S/c1-17-13-19(3)25(14-18(17)2)20(4)29-26(31)16-30(15-21-5-9-23(28)10-6-21)34(32,33)24-11-7-22(27)8-12-24/h5-14,20H,15-16H2,1-4H3,(H,29,31). The minimum atomic E-state index is -3.92. The minimum Gasteiger partial charge on any atom is -0.348 e. The van der Waals surface area contributed by atoms with Crippen molar-refractivity contribution in [2.75, 3.05) is 6.54 Å². The number of halogens is 2. The zero-order valence-electron chi connectivity index (χ0n) is 19.6. The van der Waals surface area contributed by atoms with Gasteiger partial charge in [-0.2, -0.15) is 4.31 Å². The Bertz CT molecular complexity index is 1280. The van der Waals surface area contributed by atoms with Crippen molar-refractivity contribution in [3.63, 3.8) is 0 Å². The molecule has 0 aliphatic carbocycles. The Morgan fingerprint density at radius 2 is 1.56 bits per heavy atom. The van der Waals surface area contributed by atoms with Crippen molar-refractivity contribution < 1.29 is 13.2 Å². The molecule has 0 fully saturated rings. The van der Waals surface area contributed by atoms with Crippen LogP contribution in [0.15, 0.2) is 70.0 Å². The highest BCUT2D eigenvalue weighted by Gasteiger charge is 2.27. The molecule has 180 valence electrons. The molecule has 0 aromatic heterocycles. The van der Waals surface area contributed by atoms with Crippen LogP contribution in [0.5, 0.6) is 0 Å². The maximum atomic E-state index is 13.4. The third-order valence-corrected chi connectivity index (χ3v) is 8.36. The molecule has 0 radical (unpaired) electrons. The van der Waals surface area contributed by atoms with Crippen molar-refractivity contribution in [3.05, 3.63) is 98.0 Å². The fourth-order valence-electron chi connectivity index (χ4n) is 3.75. The van der Waals surface area contributed by atoms with Crippen LogP contribution in [-0.4, -0.2) is 25.2 Å². The Hall–Kier alpha value is -2.19. The van der Waals surface area contributed by atoms with Gasteiger partial charge in [0, 0.05) is 16.0 Å². The molecule has 0 aliphatic heterocycles. The van der Waals surface area contributed by atoms with Crippen molar-refractivity contribution in [1.29, 1.82) is 0 Å². The first-order chi connectivity index (χ1) is 16.0. The van der Waals surface area contributed by atoms with Crippen molar-refractivity contribution in [2.24, 2.45) is 0 Å². The normalized spacial score (nSPS) is 12.6. The molecule has 1 atom stereocenters. The first-order valence-corrected chi connectivity index (χ1v) is 13.5. The van der Waals surface area contributed by atoms with Crippen molar-refractivity contribution in [1.82, 2.24) is 9.62 Å². The third kappa shape index (κ3) is 6.48. The first kappa shape index (κ1) is 26.4. The number of benzene rings is 3. The highest BCUT2D eigenvalue weighted by molar-refractivity contribution is 9.10. The Labute approximate surface area is 215 Å². The summed E-state index contributed by atoms with van der Waals surface area (Å²) in [6.07, 6.45) is 0. The first-order valence-electron chi connectivity index (χ1n) is 10.8. The number of carbonyl (C=O) groups excluding carboxylic acids is 1. The van der Waals surface area contributed by atoms with Gasteiger partial charge in [0.15, 0.2) is 0 Å². The van der Waals surface area contributed by atoms with Crippen molar-refractivity contribution in [2.45, 2.75) is 45.2 Å². The quantitative estimate of drug-likeness (QED) is 0.360. The second-order valence-electron chi connectivity index (χ2n) is 8.44. The summed E-state index contributed by atoms with van der Waals surface area (Å²) in [6, 6.07) is 17.2. The van der Waals surface area contributed by atoms with Gasteiger partial charge in [0.1, 0.15) is 0 Å². The summed E-state index contributed by atoms with van der Waals surface area (Å²) in [7, 11) is -3.92. The maximum absolute atomic E-state index is 13.4. The van der Waals surface area contributed by atoms with Gasteiger partial charge in [0.25, 0.3) is 0 Å². The molecule has 0 saturated heterocycles. The fourth-order valence-corrected chi connectivity index (χ4v) is 5.52. The Kier molecular flexibility index (Phi) is 8.57. The second kappa shape index (κ2) is 11.0. The van der Waals surface area contributed by atoms with Gasteiger partial charge < -0.3 is 5.32 Å². The highest BCUT2D eigenvalue weighted by Crippen LogP contribution is 2.23. The number of sulfonamides is 1. The van der Waals surface area contributed by atoms with Crippen LogP contribution >= 0.6 is 27.5 Å². The van der Waals surface area contributed by atoms with Crippen LogP contribution < -0.4 is 5.32 Å². The zero-order valence-corrected chi connectivity index (χ0v) is 22.8. The summed E-state index contributed by atoms with van der Waals surface area (Å²) in [5, 5.41) is 3.52. The van der Waals surface area contributed by atoms with E-state index >= 15 is 0 Å². The van der Waals surface area contributed by atoms with E-state index in [4.69, 9.17) is 11.6 Å². The lowest BCUT2D eigenvalue weighted by Gasteiger charge is -2.24. The van der Waals surface area contributed by atoms with Crippen LogP contribution in [0.25, 0.3) is 0 Å². The highest BCUT2D eigenvalue weighted by atomic mass is 79.9. The molecular formula is C26H28BrClN2O3S. The molecule has 0 saturated carbocycles.